The highest BCUT2D eigenvalue weighted by molar-refractivity contribution is 7.09. The molecule has 3 rings (SSSR count). The lowest BCUT2D eigenvalue weighted by Crippen LogP contribution is -2.47. The second kappa shape index (κ2) is 8.32. The Bertz CT molecular complexity index is 782. The largest absolute Gasteiger partial charge is 0.337 e. The zero-order chi connectivity index (χ0) is 17.8. The summed E-state index contributed by atoms with van der Waals surface area (Å²) in [6.45, 7) is 6.01. The van der Waals surface area contributed by atoms with Gasteiger partial charge in [0.15, 0.2) is 0 Å². The third kappa shape index (κ3) is 4.82. The first-order chi connectivity index (χ1) is 12.0. The first kappa shape index (κ1) is 18.4. The minimum absolute atomic E-state index is 0.000181. The molecule has 1 aromatic carbocycles. The molecule has 1 fully saturated rings. The summed E-state index contributed by atoms with van der Waals surface area (Å²) in [4.78, 5) is 21.1. The molecule has 0 spiro atoms. The lowest BCUT2D eigenvalue weighted by molar-refractivity contribution is -0.127. The number of amides is 1. The highest BCUT2D eigenvalue weighted by Gasteiger charge is 2.20. The minimum atomic E-state index is 0.000181. The van der Waals surface area contributed by atoms with Crippen molar-refractivity contribution in [3.63, 3.8) is 0 Å². The van der Waals surface area contributed by atoms with Gasteiger partial charge < -0.3 is 4.90 Å². The normalized spacial score (nSPS) is 15.9. The number of hydrogen-bond donors (Lipinski definition) is 0. The molecule has 0 radical (unpaired) electrons. The lowest BCUT2D eigenvalue weighted by Gasteiger charge is -2.33. The van der Waals surface area contributed by atoms with Crippen molar-refractivity contribution in [2.45, 2.75) is 13.5 Å². The predicted molar refractivity (Wildman–Crippen MR) is 104 cm³/mol. The van der Waals surface area contributed by atoms with Crippen LogP contribution in [0.3, 0.4) is 0 Å². The Morgan fingerprint density at radius 1 is 1.28 bits per heavy atom. The Hall–Kier alpha value is -1.40. The monoisotopic (exact) mass is 395 g/mol. The third-order valence-electron chi connectivity index (χ3n) is 4.12. The molecule has 1 amide bonds. The summed E-state index contributed by atoms with van der Waals surface area (Å²) in [6, 6.07) is 5.38. The van der Waals surface area contributed by atoms with Gasteiger partial charge in [-0.1, -0.05) is 35.3 Å². The van der Waals surface area contributed by atoms with Gasteiger partial charge in [0, 0.05) is 44.2 Å². The molecule has 2 aromatic rings. The molecule has 0 bridgehead atoms. The average molecular weight is 396 g/mol. The van der Waals surface area contributed by atoms with Crippen LogP contribution in [0.5, 0.6) is 0 Å². The van der Waals surface area contributed by atoms with E-state index in [0.717, 1.165) is 49.0 Å². The molecule has 2 heterocycles. The SMILES string of the molecule is Cc1nc(CN2CCN(C(=O)/C=C/c3cccc(Cl)c3Cl)CC2)cs1. The number of benzene rings is 1. The fourth-order valence-corrected chi connectivity index (χ4v) is 3.73. The van der Waals surface area contributed by atoms with Crippen molar-refractivity contribution in [1.29, 1.82) is 0 Å². The lowest BCUT2D eigenvalue weighted by atomic mass is 10.2. The van der Waals surface area contributed by atoms with Gasteiger partial charge in [-0.05, 0) is 24.6 Å². The molecule has 0 unspecified atom stereocenters. The summed E-state index contributed by atoms with van der Waals surface area (Å²) in [6.07, 6.45) is 3.29. The van der Waals surface area contributed by atoms with E-state index in [0.29, 0.717) is 10.0 Å². The zero-order valence-electron chi connectivity index (χ0n) is 13.9. The first-order valence-corrected chi connectivity index (χ1v) is 9.71. The highest BCUT2D eigenvalue weighted by Crippen LogP contribution is 2.26. The number of nitrogens with zero attached hydrogens (tertiary/aromatic N) is 3. The number of thiazole rings is 1. The Balaban J connectivity index is 1.53. The van der Waals surface area contributed by atoms with Gasteiger partial charge in [-0.2, -0.15) is 0 Å². The fourth-order valence-electron chi connectivity index (χ4n) is 2.75. The number of aryl methyl sites for hydroxylation is 1. The van der Waals surface area contributed by atoms with Crippen molar-refractivity contribution in [3.8, 4) is 0 Å². The van der Waals surface area contributed by atoms with Crippen molar-refractivity contribution >= 4 is 46.5 Å². The summed E-state index contributed by atoms with van der Waals surface area (Å²) in [7, 11) is 0. The molecule has 1 aliphatic heterocycles. The van der Waals surface area contributed by atoms with E-state index in [9.17, 15) is 4.79 Å². The van der Waals surface area contributed by atoms with Crippen LogP contribution in [0.1, 0.15) is 16.3 Å². The number of rotatable bonds is 4. The maximum absolute atomic E-state index is 12.4. The molecule has 7 heteroatoms. The quantitative estimate of drug-likeness (QED) is 0.730. The molecule has 1 saturated heterocycles. The van der Waals surface area contributed by atoms with Gasteiger partial charge in [0.25, 0.3) is 0 Å². The number of piperazine rings is 1. The van der Waals surface area contributed by atoms with Crippen LogP contribution in [-0.2, 0) is 11.3 Å². The topological polar surface area (TPSA) is 36.4 Å². The maximum atomic E-state index is 12.4. The molecule has 1 aliphatic rings. The maximum Gasteiger partial charge on any atom is 0.246 e. The van der Waals surface area contributed by atoms with E-state index < -0.39 is 0 Å². The van der Waals surface area contributed by atoms with Gasteiger partial charge in [-0.25, -0.2) is 4.98 Å². The van der Waals surface area contributed by atoms with Gasteiger partial charge in [0.1, 0.15) is 0 Å². The summed E-state index contributed by atoms with van der Waals surface area (Å²) >= 11 is 13.8. The Morgan fingerprint density at radius 2 is 2.04 bits per heavy atom. The second-order valence-corrected chi connectivity index (χ2v) is 7.78. The van der Waals surface area contributed by atoms with Gasteiger partial charge in [-0.15, -0.1) is 11.3 Å². The third-order valence-corrected chi connectivity index (χ3v) is 5.78. The summed E-state index contributed by atoms with van der Waals surface area (Å²) in [5, 5.41) is 4.15. The molecule has 0 N–H and O–H groups in total. The molecule has 25 heavy (non-hydrogen) atoms. The van der Waals surface area contributed by atoms with Gasteiger partial charge in [-0.3, -0.25) is 9.69 Å². The van der Waals surface area contributed by atoms with E-state index in [4.69, 9.17) is 23.2 Å². The van der Waals surface area contributed by atoms with Crippen molar-refractivity contribution in [2.75, 3.05) is 26.2 Å². The van der Waals surface area contributed by atoms with Crippen LogP contribution in [0.4, 0.5) is 0 Å². The van der Waals surface area contributed by atoms with Crippen LogP contribution < -0.4 is 0 Å². The Kier molecular flexibility index (Phi) is 6.12. The van der Waals surface area contributed by atoms with Gasteiger partial charge >= 0.3 is 0 Å². The van der Waals surface area contributed by atoms with E-state index in [1.165, 1.54) is 0 Å². The van der Waals surface area contributed by atoms with E-state index in [-0.39, 0.29) is 5.91 Å². The van der Waals surface area contributed by atoms with E-state index in [1.807, 2.05) is 24.0 Å². The average Bonchev–Trinajstić information content (AvgIpc) is 3.01. The summed E-state index contributed by atoms with van der Waals surface area (Å²) in [5.41, 5.74) is 1.86. The van der Waals surface area contributed by atoms with Crippen LogP contribution in [0, 0.1) is 6.92 Å². The number of carbonyl (C=O) groups excluding carboxylic acids is 1. The van der Waals surface area contributed by atoms with Crippen LogP contribution in [-0.4, -0.2) is 46.9 Å². The van der Waals surface area contributed by atoms with E-state index in [2.05, 4.69) is 15.3 Å². The molecule has 4 nitrogen and oxygen atoms in total. The molecule has 1 aromatic heterocycles. The molecule has 0 atom stereocenters. The second-order valence-electron chi connectivity index (χ2n) is 5.94. The predicted octanol–water partition coefficient (Wildman–Crippen LogP) is 4.12. The van der Waals surface area contributed by atoms with Crippen molar-refractivity contribution in [1.82, 2.24) is 14.8 Å². The molecular formula is C18H19Cl2N3OS. The molecule has 0 saturated carbocycles. The Labute approximate surface area is 161 Å². The molecule has 132 valence electrons. The summed E-state index contributed by atoms with van der Waals surface area (Å²) < 4.78 is 0. The number of aromatic nitrogens is 1. The summed E-state index contributed by atoms with van der Waals surface area (Å²) in [5.74, 6) is 0.000181. The van der Waals surface area contributed by atoms with Crippen molar-refractivity contribution in [3.05, 3.63) is 56.0 Å². The molecule has 0 aliphatic carbocycles. The zero-order valence-corrected chi connectivity index (χ0v) is 16.2. The Morgan fingerprint density at radius 3 is 2.72 bits per heavy atom. The first-order valence-electron chi connectivity index (χ1n) is 8.07. The standard InChI is InChI=1S/C18H19Cl2N3OS/c1-13-21-15(12-25-13)11-22-7-9-23(10-8-22)17(24)6-5-14-3-2-4-16(19)18(14)20/h2-6,12H,7-11H2,1H3/b6-5+. The smallest absolute Gasteiger partial charge is 0.246 e. The fraction of sp³-hybridized carbons (Fsp3) is 0.333. The highest BCUT2D eigenvalue weighted by atomic mass is 35.5. The van der Waals surface area contributed by atoms with E-state index >= 15 is 0 Å². The minimum Gasteiger partial charge on any atom is -0.337 e. The van der Waals surface area contributed by atoms with Crippen LogP contribution in [0.15, 0.2) is 29.7 Å². The van der Waals surface area contributed by atoms with E-state index in [1.54, 1.807) is 29.6 Å². The number of carbonyl (C=O) groups is 1. The van der Waals surface area contributed by atoms with Crippen LogP contribution >= 0.6 is 34.5 Å². The molecular weight excluding hydrogens is 377 g/mol. The number of halogens is 2. The van der Waals surface area contributed by atoms with Gasteiger partial charge in [0.05, 0.1) is 20.7 Å². The van der Waals surface area contributed by atoms with Crippen molar-refractivity contribution in [2.24, 2.45) is 0 Å². The van der Waals surface area contributed by atoms with Crippen molar-refractivity contribution < 1.29 is 4.79 Å². The van der Waals surface area contributed by atoms with Crippen LogP contribution in [0.2, 0.25) is 10.0 Å². The van der Waals surface area contributed by atoms with Gasteiger partial charge in [0.2, 0.25) is 5.91 Å². The number of hydrogen-bond acceptors (Lipinski definition) is 4. The van der Waals surface area contributed by atoms with Crippen LogP contribution in [0.25, 0.3) is 6.08 Å².